The number of thiophene rings is 1. The molecule has 0 fully saturated rings. The van der Waals surface area contributed by atoms with Crippen molar-refractivity contribution in [3.63, 3.8) is 0 Å². The number of nitrogens with zero attached hydrogens (tertiary/aromatic N) is 1. The van der Waals surface area contributed by atoms with Crippen LogP contribution in [-0.2, 0) is 6.54 Å². The minimum Gasteiger partial charge on any atom is -0.493 e. The summed E-state index contributed by atoms with van der Waals surface area (Å²) in [5.41, 5.74) is 0.728. The third-order valence-corrected chi connectivity index (χ3v) is 3.50. The second kappa shape index (κ2) is 6.91. The highest BCUT2D eigenvalue weighted by molar-refractivity contribution is 7.09. The molecule has 0 saturated carbocycles. The zero-order chi connectivity index (χ0) is 14.4. The molecule has 0 bridgehead atoms. The maximum Gasteiger partial charge on any atom is 0.275 e. The first-order valence-corrected chi connectivity index (χ1v) is 7.25. The Morgan fingerprint density at radius 1 is 1.40 bits per heavy atom. The third kappa shape index (κ3) is 3.96. The zero-order valence-corrected chi connectivity index (χ0v) is 12.0. The molecular weight excluding hydrogens is 276 g/mol. The monoisotopic (exact) mass is 292 g/mol. The van der Waals surface area contributed by atoms with E-state index >= 15 is 0 Å². The molecule has 0 aliphatic rings. The molecule has 5 nitrogen and oxygen atoms in total. The van der Waals surface area contributed by atoms with E-state index in [2.05, 4.69) is 5.32 Å². The van der Waals surface area contributed by atoms with Crippen LogP contribution in [0, 0.1) is 10.1 Å². The van der Waals surface area contributed by atoms with E-state index in [9.17, 15) is 10.1 Å². The lowest BCUT2D eigenvalue weighted by molar-refractivity contribution is -0.384. The Bertz CT molecular complexity index is 570. The van der Waals surface area contributed by atoms with E-state index in [-0.39, 0.29) is 5.69 Å². The largest absolute Gasteiger partial charge is 0.493 e. The van der Waals surface area contributed by atoms with Crippen LogP contribution in [0.3, 0.4) is 0 Å². The normalized spacial score (nSPS) is 10.2. The topological polar surface area (TPSA) is 64.4 Å². The van der Waals surface area contributed by atoms with E-state index in [1.807, 2.05) is 24.4 Å². The summed E-state index contributed by atoms with van der Waals surface area (Å²) in [5, 5.41) is 16.1. The molecule has 0 atom stereocenters. The summed E-state index contributed by atoms with van der Waals surface area (Å²) in [6.07, 6.45) is 0.862. The molecule has 1 heterocycles. The predicted octanol–water partition coefficient (Wildman–Crippen LogP) is 4.06. The number of hydrogen-bond acceptors (Lipinski definition) is 5. The van der Waals surface area contributed by atoms with Gasteiger partial charge in [-0.3, -0.25) is 10.1 Å². The van der Waals surface area contributed by atoms with Crippen LogP contribution in [0.1, 0.15) is 18.2 Å². The van der Waals surface area contributed by atoms with Crippen molar-refractivity contribution < 1.29 is 9.66 Å². The van der Waals surface area contributed by atoms with E-state index in [4.69, 9.17) is 4.74 Å². The molecule has 0 spiro atoms. The molecule has 6 heteroatoms. The van der Waals surface area contributed by atoms with Gasteiger partial charge in [0.1, 0.15) is 5.75 Å². The molecule has 0 radical (unpaired) electrons. The lowest BCUT2D eigenvalue weighted by atomic mass is 10.2. The SMILES string of the molecule is CCCOc1cc(NCc2cccs2)cc([N+](=O)[O-])c1. The van der Waals surface area contributed by atoms with E-state index in [0.717, 1.165) is 6.42 Å². The molecule has 0 saturated heterocycles. The minimum absolute atomic E-state index is 0.0345. The molecule has 1 N–H and O–H groups in total. The van der Waals surface area contributed by atoms with Crippen LogP contribution in [0.25, 0.3) is 0 Å². The lowest BCUT2D eigenvalue weighted by Gasteiger charge is -2.09. The van der Waals surface area contributed by atoms with Crippen LogP contribution >= 0.6 is 11.3 Å². The molecule has 2 rings (SSSR count). The number of nitro groups is 1. The molecule has 1 aromatic carbocycles. The van der Waals surface area contributed by atoms with Crippen LogP contribution in [-0.4, -0.2) is 11.5 Å². The van der Waals surface area contributed by atoms with Gasteiger partial charge in [-0.15, -0.1) is 11.3 Å². The highest BCUT2D eigenvalue weighted by Gasteiger charge is 2.10. The zero-order valence-electron chi connectivity index (χ0n) is 11.2. The van der Waals surface area contributed by atoms with Crippen molar-refractivity contribution in [1.82, 2.24) is 0 Å². The predicted molar refractivity (Wildman–Crippen MR) is 80.5 cm³/mol. The molecule has 0 amide bonds. The van der Waals surface area contributed by atoms with Gasteiger partial charge in [0.25, 0.3) is 5.69 Å². The van der Waals surface area contributed by atoms with Crippen molar-refractivity contribution in [2.24, 2.45) is 0 Å². The average Bonchev–Trinajstić information content (AvgIpc) is 2.96. The first-order valence-electron chi connectivity index (χ1n) is 6.37. The fourth-order valence-electron chi connectivity index (χ4n) is 1.70. The Labute approximate surface area is 121 Å². The van der Waals surface area contributed by atoms with Crippen molar-refractivity contribution in [2.45, 2.75) is 19.9 Å². The summed E-state index contributed by atoms with van der Waals surface area (Å²) in [6, 6.07) is 8.75. The number of non-ortho nitro benzene ring substituents is 1. The summed E-state index contributed by atoms with van der Waals surface area (Å²) in [4.78, 5) is 11.7. The second-order valence-electron chi connectivity index (χ2n) is 4.25. The Kier molecular flexibility index (Phi) is 4.95. The van der Waals surface area contributed by atoms with Gasteiger partial charge in [0.15, 0.2) is 0 Å². The molecule has 0 aliphatic heterocycles. The number of hydrogen-bond donors (Lipinski definition) is 1. The Morgan fingerprint density at radius 3 is 2.90 bits per heavy atom. The van der Waals surface area contributed by atoms with Crippen molar-refractivity contribution in [1.29, 1.82) is 0 Å². The summed E-state index contributed by atoms with van der Waals surface area (Å²) < 4.78 is 5.48. The molecule has 0 aliphatic carbocycles. The van der Waals surface area contributed by atoms with E-state index in [0.29, 0.717) is 24.6 Å². The minimum atomic E-state index is -0.408. The maximum atomic E-state index is 10.9. The molecule has 2 aromatic rings. The Hall–Kier alpha value is -2.08. The number of nitro benzene ring substituents is 1. The number of anilines is 1. The van der Waals surface area contributed by atoms with Gasteiger partial charge < -0.3 is 10.1 Å². The van der Waals surface area contributed by atoms with Gasteiger partial charge in [0, 0.05) is 29.2 Å². The van der Waals surface area contributed by atoms with E-state index in [1.165, 1.54) is 17.0 Å². The van der Waals surface area contributed by atoms with Crippen molar-refractivity contribution >= 4 is 22.7 Å². The molecular formula is C14H16N2O3S. The maximum absolute atomic E-state index is 10.9. The summed E-state index contributed by atoms with van der Waals surface area (Å²) in [5.74, 6) is 0.523. The summed E-state index contributed by atoms with van der Waals surface area (Å²) in [6.45, 7) is 3.19. The number of ether oxygens (including phenoxy) is 1. The van der Waals surface area contributed by atoms with Crippen LogP contribution in [0.5, 0.6) is 5.75 Å². The average molecular weight is 292 g/mol. The summed E-state index contributed by atoms with van der Waals surface area (Å²) in [7, 11) is 0. The second-order valence-corrected chi connectivity index (χ2v) is 5.29. The van der Waals surface area contributed by atoms with Gasteiger partial charge in [-0.2, -0.15) is 0 Å². The summed E-state index contributed by atoms with van der Waals surface area (Å²) >= 11 is 1.64. The number of benzene rings is 1. The first kappa shape index (κ1) is 14.3. The van der Waals surface area contributed by atoms with Crippen LogP contribution in [0.15, 0.2) is 35.7 Å². The first-order chi connectivity index (χ1) is 9.69. The smallest absolute Gasteiger partial charge is 0.275 e. The van der Waals surface area contributed by atoms with Gasteiger partial charge in [0.2, 0.25) is 0 Å². The van der Waals surface area contributed by atoms with Crippen LogP contribution in [0.2, 0.25) is 0 Å². The van der Waals surface area contributed by atoms with Crippen molar-refractivity contribution in [2.75, 3.05) is 11.9 Å². The standard InChI is InChI=1S/C14H16N2O3S/c1-2-5-19-13-8-11(7-12(9-13)16(17)18)15-10-14-4-3-6-20-14/h3-4,6-9,15H,2,5,10H2,1H3. The van der Waals surface area contributed by atoms with Crippen LogP contribution in [0.4, 0.5) is 11.4 Å². The van der Waals surface area contributed by atoms with E-state index in [1.54, 1.807) is 17.4 Å². The van der Waals surface area contributed by atoms with Gasteiger partial charge in [0.05, 0.1) is 17.6 Å². The molecule has 1 aromatic heterocycles. The van der Waals surface area contributed by atoms with Crippen molar-refractivity contribution in [3.05, 3.63) is 50.7 Å². The van der Waals surface area contributed by atoms with Gasteiger partial charge in [-0.05, 0) is 17.9 Å². The molecule has 0 unspecified atom stereocenters. The van der Waals surface area contributed by atoms with Gasteiger partial charge in [-0.1, -0.05) is 13.0 Å². The fraction of sp³-hybridized carbons (Fsp3) is 0.286. The highest BCUT2D eigenvalue weighted by Crippen LogP contribution is 2.26. The van der Waals surface area contributed by atoms with Crippen LogP contribution < -0.4 is 10.1 Å². The molecule has 106 valence electrons. The fourth-order valence-corrected chi connectivity index (χ4v) is 2.34. The van der Waals surface area contributed by atoms with E-state index < -0.39 is 4.92 Å². The van der Waals surface area contributed by atoms with Gasteiger partial charge >= 0.3 is 0 Å². The Morgan fingerprint density at radius 2 is 2.25 bits per heavy atom. The Balaban J connectivity index is 2.13. The highest BCUT2D eigenvalue weighted by atomic mass is 32.1. The van der Waals surface area contributed by atoms with Crippen molar-refractivity contribution in [3.8, 4) is 5.75 Å². The number of nitrogens with one attached hydrogen (secondary N) is 1. The number of rotatable bonds is 7. The lowest BCUT2D eigenvalue weighted by Crippen LogP contribution is -2.01. The molecule has 20 heavy (non-hydrogen) atoms. The quantitative estimate of drug-likeness (QED) is 0.617. The van der Waals surface area contributed by atoms with Gasteiger partial charge in [-0.25, -0.2) is 0 Å². The third-order valence-electron chi connectivity index (χ3n) is 2.62.